The molecule has 1 unspecified atom stereocenters. The molecule has 0 spiro atoms. The molecule has 1 N–H and O–H groups in total. The van der Waals surface area contributed by atoms with E-state index in [1.165, 1.54) is 54.5 Å². The third-order valence-corrected chi connectivity index (χ3v) is 9.53. The third kappa shape index (κ3) is 4.95. The summed E-state index contributed by atoms with van der Waals surface area (Å²) in [4.78, 5) is 13.1. The maximum atomic E-state index is 13.5. The van der Waals surface area contributed by atoms with Gasteiger partial charge in [0, 0.05) is 6.42 Å². The van der Waals surface area contributed by atoms with Crippen LogP contribution in [0, 0.1) is 23.1 Å². The van der Waals surface area contributed by atoms with Crippen LogP contribution in [-0.2, 0) is 11.2 Å². The van der Waals surface area contributed by atoms with Crippen molar-refractivity contribution in [2.45, 2.75) is 77.2 Å². The molecule has 198 valence electrons. The summed E-state index contributed by atoms with van der Waals surface area (Å²) >= 11 is 0. The van der Waals surface area contributed by atoms with Crippen molar-refractivity contribution in [2.24, 2.45) is 17.3 Å². The van der Waals surface area contributed by atoms with E-state index in [-0.39, 0.29) is 23.2 Å². The van der Waals surface area contributed by atoms with Crippen LogP contribution in [0.25, 0.3) is 11.8 Å². The second-order valence-electron chi connectivity index (χ2n) is 11.9. The second-order valence-corrected chi connectivity index (χ2v) is 11.9. The summed E-state index contributed by atoms with van der Waals surface area (Å²) in [5.41, 5.74) is 5.95. The van der Waals surface area contributed by atoms with E-state index < -0.39 is 0 Å². The molecule has 2 fully saturated rings. The minimum atomic E-state index is -0.238. The molecule has 0 saturated heterocycles. The Balaban J connectivity index is 1.20. The van der Waals surface area contributed by atoms with Crippen molar-refractivity contribution in [3.63, 3.8) is 0 Å². The average Bonchev–Trinajstić information content (AvgIpc) is 3.66. The number of hydrogen-bond donors (Lipinski definition) is 1. The molecule has 5 heteroatoms. The van der Waals surface area contributed by atoms with E-state index in [1.54, 1.807) is 12.1 Å². The van der Waals surface area contributed by atoms with Gasteiger partial charge >= 0.3 is 0 Å². The molecule has 1 aromatic heterocycles. The lowest BCUT2D eigenvalue weighted by Crippen LogP contribution is -2.35. The Morgan fingerprint density at radius 2 is 1.87 bits per heavy atom. The first-order valence-corrected chi connectivity index (χ1v) is 14.4. The largest absolute Gasteiger partial charge is 0.349 e. The number of allylic oxidation sites excluding steroid dienone is 1. The average molecular weight is 512 g/mol. The quantitative estimate of drug-likeness (QED) is 0.339. The lowest BCUT2D eigenvalue weighted by Gasteiger charge is -2.37. The SMILES string of the molecule is C[C@]12Cc3cnn(-c4ccc(F)cc4)c3C=C1CC[C@@H]2CC(NC(=O)CCC1CCCC1)c1ccccc1. The van der Waals surface area contributed by atoms with Gasteiger partial charge in [0.05, 0.1) is 23.6 Å². The Kier molecular flexibility index (Phi) is 6.94. The molecule has 1 heterocycles. The standard InChI is InChI=1S/C33H38FN3O/c1-33-21-25-22-35-37(29-16-14-28(34)15-17-29)31(25)20-27(33)13-12-26(33)19-30(24-9-3-2-4-10-24)36-32(38)18-11-23-7-5-6-8-23/h2-4,9-10,14-17,20,22-23,26,30H,5-8,11-13,18-19,21H2,1H3,(H,36,38)/t26-,30?,33-/m1/s1. The summed E-state index contributed by atoms with van der Waals surface area (Å²) in [5.74, 6) is 1.15. The fourth-order valence-electron chi connectivity index (χ4n) is 7.25. The van der Waals surface area contributed by atoms with Crippen molar-refractivity contribution in [3.8, 4) is 5.69 Å². The number of nitrogens with zero attached hydrogens (tertiary/aromatic N) is 2. The Morgan fingerprint density at radius 3 is 2.63 bits per heavy atom. The van der Waals surface area contributed by atoms with Crippen LogP contribution in [-0.4, -0.2) is 15.7 Å². The third-order valence-electron chi connectivity index (χ3n) is 9.53. The smallest absolute Gasteiger partial charge is 0.220 e. The monoisotopic (exact) mass is 511 g/mol. The second kappa shape index (κ2) is 10.5. The highest BCUT2D eigenvalue weighted by atomic mass is 19.1. The summed E-state index contributed by atoms with van der Waals surface area (Å²) in [6.07, 6.45) is 15.2. The summed E-state index contributed by atoms with van der Waals surface area (Å²) < 4.78 is 15.4. The molecule has 3 aromatic rings. The predicted molar refractivity (Wildman–Crippen MR) is 149 cm³/mol. The molecule has 3 atom stereocenters. The van der Waals surface area contributed by atoms with Crippen molar-refractivity contribution in [2.75, 3.05) is 0 Å². The van der Waals surface area contributed by atoms with Crippen molar-refractivity contribution in [1.82, 2.24) is 15.1 Å². The molecule has 0 radical (unpaired) electrons. The molecule has 3 aliphatic rings. The molecule has 0 aliphatic heterocycles. The number of fused-ring (bicyclic) bond motifs is 2. The topological polar surface area (TPSA) is 46.9 Å². The van der Waals surface area contributed by atoms with Gasteiger partial charge in [-0.25, -0.2) is 9.07 Å². The first-order valence-electron chi connectivity index (χ1n) is 14.4. The summed E-state index contributed by atoms with van der Waals surface area (Å²) in [7, 11) is 0. The van der Waals surface area contributed by atoms with Crippen LogP contribution >= 0.6 is 0 Å². The van der Waals surface area contributed by atoms with E-state index in [1.807, 2.05) is 16.9 Å². The van der Waals surface area contributed by atoms with Crippen molar-refractivity contribution < 1.29 is 9.18 Å². The summed E-state index contributed by atoms with van der Waals surface area (Å²) in [5, 5.41) is 8.12. The summed E-state index contributed by atoms with van der Waals surface area (Å²) in [6, 6.07) is 17.1. The number of aromatic nitrogens is 2. The lowest BCUT2D eigenvalue weighted by molar-refractivity contribution is -0.122. The fourth-order valence-corrected chi connectivity index (χ4v) is 7.25. The Morgan fingerprint density at radius 1 is 1.11 bits per heavy atom. The van der Waals surface area contributed by atoms with E-state index in [0.717, 1.165) is 49.4 Å². The molecule has 38 heavy (non-hydrogen) atoms. The van der Waals surface area contributed by atoms with Gasteiger partial charge in [-0.1, -0.05) is 68.5 Å². The predicted octanol–water partition coefficient (Wildman–Crippen LogP) is 7.59. The zero-order chi connectivity index (χ0) is 26.1. The zero-order valence-electron chi connectivity index (χ0n) is 22.3. The van der Waals surface area contributed by atoms with E-state index >= 15 is 0 Å². The maximum absolute atomic E-state index is 13.5. The Bertz CT molecular complexity index is 1310. The highest BCUT2D eigenvalue weighted by Gasteiger charge is 2.46. The van der Waals surface area contributed by atoms with Gasteiger partial charge in [-0.3, -0.25) is 4.79 Å². The number of benzene rings is 2. The van der Waals surface area contributed by atoms with Gasteiger partial charge in [-0.05, 0) is 90.8 Å². The number of carbonyl (C=O) groups excluding carboxylic acids is 1. The normalized spacial score (nSPS) is 23.5. The van der Waals surface area contributed by atoms with Gasteiger partial charge in [0.25, 0.3) is 0 Å². The molecular weight excluding hydrogens is 473 g/mol. The van der Waals surface area contributed by atoms with Crippen LogP contribution < -0.4 is 5.32 Å². The van der Waals surface area contributed by atoms with Crippen molar-refractivity contribution >= 4 is 12.0 Å². The fraction of sp³-hybridized carbons (Fsp3) is 0.455. The minimum absolute atomic E-state index is 0.0248. The highest BCUT2D eigenvalue weighted by Crippen LogP contribution is 2.55. The zero-order valence-corrected chi connectivity index (χ0v) is 22.3. The van der Waals surface area contributed by atoms with Crippen LogP contribution in [0.4, 0.5) is 4.39 Å². The van der Waals surface area contributed by atoms with Crippen molar-refractivity contribution in [1.29, 1.82) is 0 Å². The Hall–Kier alpha value is -3.21. The maximum Gasteiger partial charge on any atom is 0.220 e. The highest BCUT2D eigenvalue weighted by molar-refractivity contribution is 5.76. The molecule has 4 nitrogen and oxygen atoms in total. The minimum Gasteiger partial charge on any atom is -0.349 e. The van der Waals surface area contributed by atoms with E-state index in [2.05, 4.69) is 47.7 Å². The molecule has 2 aromatic carbocycles. The van der Waals surface area contributed by atoms with Gasteiger partial charge < -0.3 is 5.32 Å². The van der Waals surface area contributed by atoms with Gasteiger partial charge in [-0.2, -0.15) is 5.10 Å². The molecular formula is C33H38FN3O. The first-order chi connectivity index (χ1) is 18.5. The van der Waals surface area contributed by atoms with Crippen LogP contribution in [0.2, 0.25) is 0 Å². The number of rotatable bonds is 8. The molecule has 6 rings (SSSR count). The van der Waals surface area contributed by atoms with Crippen LogP contribution in [0.15, 0.2) is 66.4 Å². The van der Waals surface area contributed by atoms with Gasteiger partial charge in [0.2, 0.25) is 5.91 Å². The van der Waals surface area contributed by atoms with Gasteiger partial charge in [0.1, 0.15) is 5.82 Å². The van der Waals surface area contributed by atoms with Crippen LogP contribution in [0.3, 0.4) is 0 Å². The van der Waals surface area contributed by atoms with Crippen molar-refractivity contribution in [3.05, 3.63) is 89.0 Å². The molecule has 1 amide bonds. The Labute approximate surface area is 225 Å². The summed E-state index contributed by atoms with van der Waals surface area (Å²) in [6.45, 7) is 2.40. The van der Waals surface area contributed by atoms with Gasteiger partial charge in [-0.15, -0.1) is 0 Å². The lowest BCUT2D eigenvalue weighted by atomic mass is 9.68. The molecule has 3 aliphatic carbocycles. The van der Waals surface area contributed by atoms with E-state index in [0.29, 0.717) is 12.3 Å². The number of amides is 1. The van der Waals surface area contributed by atoms with Gasteiger partial charge in [0.15, 0.2) is 0 Å². The molecule has 2 saturated carbocycles. The van der Waals surface area contributed by atoms with Crippen LogP contribution in [0.5, 0.6) is 0 Å². The van der Waals surface area contributed by atoms with Crippen LogP contribution in [0.1, 0.15) is 87.6 Å². The number of halogens is 1. The first kappa shape index (κ1) is 25.1. The molecule has 0 bridgehead atoms. The number of hydrogen-bond acceptors (Lipinski definition) is 2. The van der Waals surface area contributed by atoms with E-state index in [4.69, 9.17) is 0 Å². The number of carbonyl (C=O) groups is 1. The van der Waals surface area contributed by atoms with E-state index in [9.17, 15) is 9.18 Å². The number of nitrogens with one attached hydrogen (secondary N) is 1.